The Hall–Kier alpha value is -0.620. The van der Waals surface area contributed by atoms with Crippen LogP contribution in [-0.4, -0.2) is 31.8 Å². The summed E-state index contributed by atoms with van der Waals surface area (Å²) in [7, 11) is -2.20. The number of carbonyl (C=O) groups is 1. The van der Waals surface area contributed by atoms with Crippen molar-refractivity contribution in [1.82, 2.24) is 0 Å². The van der Waals surface area contributed by atoms with Crippen LogP contribution in [-0.2, 0) is 19.6 Å². The summed E-state index contributed by atoms with van der Waals surface area (Å²) in [6.45, 7) is 3.63. The Labute approximate surface area is 142 Å². The number of ether oxygens (including phenoxy) is 1. The number of unbranched alkanes of at least 4 members (excludes halogenated alkanes) is 10. The van der Waals surface area contributed by atoms with Crippen molar-refractivity contribution in [1.29, 1.82) is 0 Å². The van der Waals surface area contributed by atoms with E-state index in [1.165, 1.54) is 78.2 Å². The highest BCUT2D eigenvalue weighted by Crippen LogP contribution is 2.11. The zero-order chi connectivity index (χ0) is 18.0. The Morgan fingerprint density at radius 3 is 1.48 bits per heavy atom. The Kier molecular flexibility index (Phi) is 19.0. The van der Waals surface area contributed by atoms with E-state index in [2.05, 4.69) is 11.7 Å². The molecule has 1 N–H and O–H groups in total. The van der Waals surface area contributed by atoms with Crippen LogP contribution in [0.25, 0.3) is 0 Å². The second-order valence-corrected chi connectivity index (χ2v) is 7.47. The standard InChI is InChI=1S/C15H30O2.C2H6O3S/c1-3-4-5-6-7-8-9-10-11-12-13-14-15(16)17-2;1-2-6(3,4)5/h3-14H2,1-2H3;2H2,1H3,(H,3,4,5). The number of carbonyl (C=O) groups excluding carboxylic acids is 1. The third-order valence-corrected chi connectivity index (χ3v) is 4.31. The van der Waals surface area contributed by atoms with Gasteiger partial charge in [-0.05, 0) is 13.3 Å². The molecule has 0 spiro atoms. The van der Waals surface area contributed by atoms with Crippen LogP contribution in [0, 0.1) is 0 Å². The molecule has 0 saturated carbocycles. The van der Waals surface area contributed by atoms with Gasteiger partial charge in [0.15, 0.2) is 0 Å². The highest BCUT2D eigenvalue weighted by Gasteiger charge is 1.99. The van der Waals surface area contributed by atoms with E-state index in [0.29, 0.717) is 6.42 Å². The zero-order valence-electron chi connectivity index (χ0n) is 15.2. The maximum atomic E-state index is 10.8. The van der Waals surface area contributed by atoms with Crippen molar-refractivity contribution in [3.8, 4) is 0 Å². The van der Waals surface area contributed by atoms with Crippen LogP contribution in [0.15, 0.2) is 0 Å². The maximum Gasteiger partial charge on any atom is 0.305 e. The highest BCUT2D eigenvalue weighted by molar-refractivity contribution is 7.85. The lowest BCUT2D eigenvalue weighted by atomic mass is 10.1. The first-order valence-electron chi connectivity index (χ1n) is 8.89. The van der Waals surface area contributed by atoms with Crippen molar-refractivity contribution in [2.24, 2.45) is 0 Å². The average Bonchev–Trinajstić information content (AvgIpc) is 2.52. The van der Waals surface area contributed by atoms with Crippen LogP contribution < -0.4 is 0 Å². The van der Waals surface area contributed by atoms with Gasteiger partial charge in [-0.1, -0.05) is 71.1 Å². The van der Waals surface area contributed by atoms with Gasteiger partial charge in [0.05, 0.1) is 12.9 Å². The van der Waals surface area contributed by atoms with Crippen LogP contribution in [0.4, 0.5) is 0 Å². The quantitative estimate of drug-likeness (QED) is 0.294. The van der Waals surface area contributed by atoms with Crippen LogP contribution in [0.3, 0.4) is 0 Å². The van der Waals surface area contributed by atoms with E-state index in [1.54, 1.807) is 0 Å². The Morgan fingerprint density at radius 1 is 0.826 bits per heavy atom. The molecular formula is C17H36O5S. The average molecular weight is 353 g/mol. The van der Waals surface area contributed by atoms with Gasteiger partial charge < -0.3 is 4.74 Å². The second kappa shape index (κ2) is 17.7. The molecule has 0 aliphatic rings. The molecule has 0 unspecified atom stereocenters. The molecule has 0 fully saturated rings. The van der Waals surface area contributed by atoms with E-state index in [9.17, 15) is 13.2 Å². The minimum Gasteiger partial charge on any atom is -0.469 e. The number of rotatable bonds is 13. The van der Waals surface area contributed by atoms with Crippen LogP contribution in [0.5, 0.6) is 0 Å². The summed E-state index contributed by atoms with van der Waals surface area (Å²) in [5, 5.41) is 0. The lowest BCUT2D eigenvalue weighted by molar-refractivity contribution is -0.140. The first-order valence-corrected chi connectivity index (χ1v) is 10.5. The van der Waals surface area contributed by atoms with Crippen LogP contribution in [0.2, 0.25) is 0 Å². The fraction of sp³-hybridized carbons (Fsp3) is 0.941. The Bertz CT molecular complexity index is 352. The SMILES string of the molecule is CCCCCCCCCCCCCC(=O)OC.CCS(=O)(=O)O. The van der Waals surface area contributed by atoms with E-state index < -0.39 is 10.1 Å². The molecule has 0 aliphatic heterocycles. The Morgan fingerprint density at radius 2 is 1.17 bits per heavy atom. The highest BCUT2D eigenvalue weighted by atomic mass is 32.2. The molecule has 140 valence electrons. The van der Waals surface area contributed by atoms with Gasteiger partial charge in [-0.25, -0.2) is 0 Å². The van der Waals surface area contributed by atoms with Gasteiger partial charge in [-0.3, -0.25) is 9.35 Å². The molecule has 0 atom stereocenters. The predicted molar refractivity (Wildman–Crippen MR) is 95.2 cm³/mol. The summed E-state index contributed by atoms with van der Waals surface area (Å²) in [5.41, 5.74) is 0. The smallest absolute Gasteiger partial charge is 0.305 e. The molecule has 0 saturated heterocycles. The van der Waals surface area contributed by atoms with Crippen molar-refractivity contribution >= 4 is 16.1 Å². The predicted octanol–water partition coefficient (Wildman–Crippen LogP) is 4.75. The molecule has 5 nitrogen and oxygen atoms in total. The lowest BCUT2D eigenvalue weighted by Gasteiger charge is -2.02. The monoisotopic (exact) mass is 352 g/mol. The maximum absolute atomic E-state index is 10.8. The third-order valence-electron chi connectivity index (χ3n) is 3.58. The first-order chi connectivity index (χ1) is 10.9. The molecule has 0 rings (SSSR count). The molecule has 0 heterocycles. The molecule has 6 heteroatoms. The minimum atomic E-state index is -3.66. The van der Waals surface area contributed by atoms with Gasteiger partial charge >= 0.3 is 5.97 Å². The fourth-order valence-corrected chi connectivity index (χ4v) is 2.04. The van der Waals surface area contributed by atoms with Crippen molar-refractivity contribution in [3.05, 3.63) is 0 Å². The molecule has 0 bridgehead atoms. The van der Waals surface area contributed by atoms with Gasteiger partial charge in [-0.2, -0.15) is 8.42 Å². The molecule has 0 aromatic carbocycles. The number of esters is 1. The van der Waals surface area contributed by atoms with E-state index >= 15 is 0 Å². The molecule has 23 heavy (non-hydrogen) atoms. The van der Waals surface area contributed by atoms with Gasteiger partial charge in [-0.15, -0.1) is 0 Å². The third kappa shape index (κ3) is 26.6. The molecular weight excluding hydrogens is 316 g/mol. The summed E-state index contributed by atoms with van der Waals surface area (Å²) in [4.78, 5) is 10.8. The summed E-state index contributed by atoms with van der Waals surface area (Å²) < 4.78 is 31.5. The second-order valence-electron chi connectivity index (χ2n) is 5.73. The van der Waals surface area contributed by atoms with Gasteiger partial charge in [0.2, 0.25) is 0 Å². The van der Waals surface area contributed by atoms with E-state index in [4.69, 9.17) is 4.55 Å². The summed E-state index contributed by atoms with van der Waals surface area (Å²) >= 11 is 0. The lowest BCUT2D eigenvalue weighted by Crippen LogP contribution is -1.99. The zero-order valence-corrected chi connectivity index (χ0v) is 16.0. The fourth-order valence-electron chi connectivity index (χ4n) is 2.04. The van der Waals surface area contributed by atoms with Gasteiger partial charge in [0.25, 0.3) is 10.1 Å². The summed E-state index contributed by atoms with van der Waals surface area (Å²) in [6, 6.07) is 0. The largest absolute Gasteiger partial charge is 0.469 e. The van der Waals surface area contributed by atoms with E-state index in [1.807, 2.05) is 0 Å². The molecule has 0 aliphatic carbocycles. The molecule has 0 aromatic rings. The molecule has 0 amide bonds. The summed E-state index contributed by atoms with van der Waals surface area (Å²) in [5.74, 6) is -0.270. The number of hydrogen-bond donors (Lipinski definition) is 1. The number of hydrogen-bond acceptors (Lipinski definition) is 4. The van der Waals surface area contributed by atoms with Crippen molar-refractivity contribution < 1.29 is 22.5 Å². The minimum absolute atomic E-state index is 0.0686. The molecule has 0 radical (unpaired) electrons. The normalized spacial score (nSPS) is 10.8. The van der Waals surface area contributed by atoms with Gasteiger partial charge in [0, 0.05) is 6.42 Å². The Balaban J connectivity index is 0. The molecule has 0 aromatic heterocycles. The van der Waals surface area contributed by atoms with Crippen LogP contribution >= 0.6 is 0 Å². The first kappa shape index (κ1) is 24.6. The van der Waals surface area contributed by atoms with E-state index in [0.717, 1.165) is 6.42 Å². The van der Waals surface area contributed by atoms with Crippen LogP contribution in [0.1, 0.15) is 90.9 Å². The van der Waals surface area contributed by atoms with E-state index in [-0.39, 0.29) is 11.7 Å². The van der Waals surface area contributed by atoms with Crippen molar-refractivity contribution in [2.45, 2.75) is 90.9 Å². The van der Waals surface area contributed by atoms with Crippen molar-refractivity contribution in [3.63, 3.8) is 0 Å². The topological polar surface area (TPSA) is 80.7 Å². The van der Waals surface area contributed by atoms with Gasteiger partial charge in [0.1, 0.15) is 0 Å². The summed E-state index contributed by atoms with van der Waals surface area (Å²) in [6.07, 6.45) is 15.1. The number of methoxy groups -OCH3 is 1. The van der Waals surface area contributed by atoms with Crippen molar-refractivity contribution in [2.75, 3.05) is 12.9 Å².